The van der Waals surface area contributed by atoms with E-state index in [1.165, 1.54) is 24.3 Å². The molecule has 1 aromatic rings. The Bertz CT molecular complexity index is 573. The van der Waals surface area contributed by atoms with Crippen molar-refractivity contribution in [2.45, 2.75) is 44.2 Å². The summed E-state index contributed by atoms with van der Waals surface area (Å²) in [6, 6.07) is 3.08. The molecule has 3 aliphatic heterocycles. The molecule has 3 saturated heterocycles. The van der Waals surface area contributed by atoms with Crippen LogP contribution in [0.1, 0.15) is 38.1 Å². The summed E-state index contributed by atoms with van der Waals surface area (Å²) >= 11 is 2.09. The molecule has 3 fully saturated rings. The van der Waals surface area contributed by atoms with Gasteiger partial charge in [0.1, 0.15) is 5.82 Å². The number of amides is 1. The molecule has 0 saturated carbocycles. The molecule has 0 aromatic carbocycles. The molecule has 6 nitrogen and oxygen atoms in total. The number of carbonyl (C=O) groups excluding carboxylic acids is 1. The van der Waals surface area contributed by atoms with Gasteiger partial charge in [0.2, 0.25) is 5.91 Å². The molecule has 1 aromatic heterocycles. The van der Waals surface area contributed by atoms with Gasteiger partial charge in [-0.25, -0.2) is 4.68 Å². The Balaban J connectivity index is 1.33. The van der Waals surface area contributed by atoms with E-state index in [1.807, 2.05) is 10.7 Å². The average Bonchev–Trinajstić information content (AvgIpc) is 3.35. The molecule has 1 atom stereocenters. The molecule has 4 rings (SSSR count). The van der Waals surface area contributed by atoms with Crippen LogP contribution in [0.25, 0.3) is 0 Å². The zero-order valence-electron chi connectivity index (χ0n) is 14.7. The molecule has 3 aliphatic rings. The van der Waals surface area contributed by atoms with Crippen LogP contribution in [0.15, 0.2) is 12.3 Å². The third kappa shape index (κ3) is 4.04. The van der Waals surface area contributed by atoms with Crippen molar-refractivity contribution in [3.8, 4) is 0 Å². The lowest BCUT2D eigenvalue weighted by Crippen LogP contribution is -2.43. The Morgan fingerprint density at radius 3 is 2.68 bits per heavy atom. The third-order valence-corrected chi connectivity index (χ3v) is 6.82. The lowest BCUT2D eigenvalue weighted by atomic mass is 10.0. The molecule has 1 unspecified atom stereocenters. The second-order valence-corrected chi connectivity index (χ2v) is 8.55. The van der Waals surface area contributed by atoms with Crippen molar-refractivity contribution in [1.29, 1.82) is 0 Å². The van der Waals surface area contributed by atoms with Crippen LogP contribution in [0.2, 0.25) is 0 Å². The van der Waals surface area contributed by atoms with Crippen LogP contribution in [0.5, 0.6) is 0 Å². The van der Waals surface area contributed by atoms with Gasteiger partial charge in [0.25, 0.3) is 0 Å². The summed E-state index contributed by atoms with van der Waals surface area (Å²) in [6.07, 6.45) is 7.51. The van der Waals surface area contributed by atoms with Crippen LogP contribution in [-0.2, 0) is 9.53 Å². The topological polar surface area (TPSA) is 59.4 Å². The maximum atomic E-state index is 12.4. The Hall–Kier alpha value is -1.05. The molecule has 25 heavy (non-hydrogen) atoms. The smallest absolute Gasteiger partial charge is 0.231 e. The number of hydrogen-bond acceptors (Lipinski definition) is 5. The number of thioether (sulfide) groups is 1. The van der Waals surface area contributed by atoms with Crippen molar-refractivity contribution >= 4 is 23.5 Å². The minimum atomic E-state index is -0.0191. The summed E-state index contributed by atoms with van der Waals surface area (Å²) < 4.78 is 7.35. The maximum Gasteiger partial charge on any atom is 0.231 e. The predicted octanol–water partition coefficient (Wildman–Crippen LogP) is 2.39. The second-order valence-electron chi connectivity index (χ2n) is 7.32. The monoisotopic (exact) mass is 364 g/mol. The number of ether oxygens (including phenoxy) is 1. The van der Waals surface area contributed by atoms with E-state index >= 15 is 0 Å². The number of nitrogens with zero attached hydrogens (tertiary/aromatic N) is 3. The number of carbonyl (C=O) groups is 1. The minimum Gasteiger partial charge on any atom is -0.381 e. The van der Waals surface area contributed by atoms with E-state index < -0.39 is 0 Å². The molecule has 0 aliphatic carbocycles. The number of nitrogens with one attached hydrogen (secondary N) is 1. The summed E-state index contributed by atoms with van der Waals surface area (Å²) in [7, 11) is 0. The summed E-state index contributed by atoms with van der Waals surface area (Å²) in [6.45, 7) is 3.51. The average molecular weight is 365 g/mol. The van der Waals surface area contributed by atoms with Gasteiger partial charge in [-0.2, -0.15) is 16.9 Å². The van der Waals surface area contributed by atoms with Gasteiger partial charge in [-0.15, -0.1) is 0 Å². The molecular weight excluding hydrogens is 336 g/mol. The van der Waals surface area contributed by atoms with E-state index in [1.54, 1.807) is 6.20 Å². The number of aromatic nitrogens is 2. The van der Waals surface area contributed by atoms with E-state index in [2.05, 4.69) is 27.1 Å². The number of piperidine rings is 1. The first-order valence-corrected chi connectivity index (χ1v) is 10.7. The largest absolute Gasteiger partial charge is 0.381 e. The van der Waals surface area contributed by atoms with Crippen LogP contribution in [0.3, 0.4) is 0 Å². The molecule has 138 valence electrons. The fourth-order valence-electron chi connectivity index (χ4n) is 4.22. The fraction of sp³-hybridized carbons (Fsp3) is 0.778. The van der Waals surface area contributed by atoms with Gasteiger partial charge in [-0.3, -0.25) is 4.79 Å². The zero-order chi connectivity index (χ0) is 17.1. The number of rotatable bonds is 4. The van der Waals surface area contributed by atoms with Gasteiger partial charge in [-0.1, -0.05) is 0 Å². The van der Waals surface area contributed by atoms with Crippen molar-refractivity contribution < 1.29 is 9.53 Å². The first kappa shape index (κ1) is 17.4. The second kappa shape index (κ2) is 8.10. The SMILES string of the molecule is O=C(Nc1ccnn1C1CCN(C2CCSCC2)CC1)C1CCOC1. The van der Waals surface area contributed by atoms with Crippen LogP contribution in [0, 0.1) is 5.92 Å². The summed E-state index contributed by atoms with van der Waals surface area (Å²) in [4.78, 5) is 15.0. The van der Waals surface area contributed by atoms with Crippen molar-refractivity contribution in [3.63, 3.8) is 0 Å². The third-order valence-electron chi connectivity index (χ3n) is 5.77. The molecule has 7 heteroatoms. The normalized spacial score (nSPS) is 26.8. The highest BCUT2D eigenvalue weighted by Crippen LogP contribution is 2.30. The number of hydrogen-bond donors (Lipinski definition) is 1. The highest BCUT2D eigenvalue weighted by atomic mass is 32.2. The van der Waals surface area contributed by atoms with Gasteiger partial charge < -0.3 is 15.0 Å². The highest BCUT2D eigenvalue weighted by molar-refractivity contribution is 7.99. The van der Waals surface area contributed by atoms with Crippen LogP contribution >= 0.6 is 11.8 Å². The lowest BCUT2D eigenvalue weighted by molar-refractivity contribution is -0.119. The van der Waals surface area contributed by atoms with E-state index in [-0.39, 0.29) is 11.8 Å². The van der Waals surface area contributed by atoms with E-state index in [9.17, 15) is 4.79 Å². The Labute approximate surface area is 153 Å². The molecule has 1 amide bonds. The number of likely N-dealkylation sites (tertiary alicyclic amines) is 1. The Morgan fingerprint density at radius 2 is 1.96 bits per heavy atom. The molecular formula is C18H28N4O2S. The van der Waals surface area contributed by atoms with Crippen LogP contribution < -0.4 is 5.32 Å². The van der Waals surface area contributed by atoms with Crippen molar-refractivity contribution in [1.82, 2.24) is 14.7 Å². The van der Waals surface area contributed by atoms with Gasteiger partial charge in [0.15, 0.2) is 0 Å². The Kier molecular flexibility index (Phi) is 5.63. The predicted molar refractivity (Wildman–Crippen MR) is 100.0 cm³/mol. The highest BCUT2D eigenvalue weighted by Gasteiger charge is 2.29. The summed E-state index contributed by atoms with van der Waals surface area (Å²) in [5, 5.41) is 7.58. The molecule has 0 spiro atoms. The van der Waals surface area contributed by atoms with Gasteiger partial charge >= 0.3 is 0 Å². The van der Waals surface area contributed by atoms with E-state index in [4.69, 9.17) is 4.74 Å². The first-order valence-electron chi connectivity index (χ1n) is 9.55. The number of anilines is 1. The minimum absolute atomic E-state index is 0.0191. The summed E-state index contributed by atoms with van der Waals surface area (Å²) in [5.41, 5.74) is 0. The fourth-order valence-corrected chi connectivity index (χ4v) is 5.30. The van der Waals surface area contributed by atoms with Crippen molar-refractivity contribution in [3.05, 3.63) is 12.3 Å². The van der Waals surface area contributed by atoms with Gasteiger partial charge in [0.05, 0.1) is 24.8 Å². The molecule has 1 N–H and O–H groups in total. The molecule has 4 heterocycles. The van der Waals surface area contributed by atoms with Crippen LogP contribution in [0.4, 0.5) is 5.82 Å². The van der Waals surface area contributed by atoms with Gasteiger partial charge in [0, 0.05) is 31.8 Å². The van der Waals surface area contributed by atoms with Crippen molar-refractivity contribution in [2.24, 2.45) is 5.92 Å². The lowest BCUT2D eigenvalue weighted by Gasteiger charge is -2.39. The summed E-state index contributed by atoms with van der Waals surface area (Å²) in [5.74, 6) is 3.51. The van der Waals surface area contributed by atoms with Crippen molar-refractivity contribution in [2.75, 3.05) is 43.1 Å². The molecule has 0 radical (unpaired) electrons. The quantitative estimate of drug-likeness (QED) is 0.889. The van der Waals surface area contributed by atoms with E-state index in [0.29, 0.717) is 19.3 Å². The van der Waals surface area contributed by atoms with Gasteiger partial charge in [-0.05, 0) is 43.6 Å². The molecule has 0 bridgehead atoms. The zero-order valence-corrected chi connectivity index (χ0v) is 15.5. The standard InChI is InChI=1S/C18H28N4O2S/c23-18(14-4-10-24-13-14)20-17-1-7-19-22(17)16-2-8-21(9-3-16)15-5-11-25-12-6-15/h1,7,14-16H,2-6,8-13H2,(H,20,23). The Morgan fingerprint density at radius 1 is 1.16 bits per heavy atom. The maximum absolute atomic E-state index is 12.4. The first-order chi connectivity index (χ1) is 12.3. The van der Waals surface area contributed by atoms with E-state index in [0.717, 1.165) is 44.2 Å². The van der Waals surface area contributed by atoms with Crippen LogP contribution in [-0.4, -0.2) is 64.4 Å².